The van der Waals surface area contributed by atoms with Crippen LogP contribution in [0, 0.1) is 0 Å². The summed E-state index contributed by atoms with van der Waals surface area (Å²) in [4.78, 5) is 83.2. The highest BCUT2D eigenvalue weighted by atomic mass is 16.2. The molecule has 0 radical (unpaired) electrons. The second kappa shape index (κ2) is 17.5. The zero-order valence-corrected chi connectivity index (χ0v) is 29.1. The van der Waals surface area contributed by atoms with Gasteiger partial charge < -0.3 is 16.8 Å². The second-order valence-corrected chi connectivity index (χ2v) is 13.6. The Morgan fingerprint density at radius 1 is 0.653 bits per heavy atom. The Morgan fingerprint density at radius 3 is 1.65 bits per heavy atom. The number of nitrogens with one attached hydrogen (secondary N) is 2. The molecule has 264 valence electrons. The second-order valence-electron chi connectivity index (χ2n) is 13.6. The zero-order valence-electron chi connectivity index (χ0n) is 29.1. The molecule has 0 saturated carbocycles. The molecule has 4 aromatic rings. The van der Waals surface area contributed by atoms with Crippen molar-refractivity contribution in [1.82, 2.24) is 4.98 Å². The van der Waals surface area contributed by atoms with Crippen LogP contribution in [-0.2, 0) is 9.59 Å². The SMILES string of the molecule is CCCCCCCC(=O)CCC(CCN)(CCC(=O)CCCCCCC)Nc1c2c(=O)[nH]c(=O)c2c(N)c2c(=O)c3ccccc3c(=O)c12. The number of hydrogen-bond donors (Lipinski definition) is 4. The molecule has 1 heterocycles. The van der Waals surface area contributed by atoms with Crippen molar-refractivity contribution >= 4 is 55.3 Å². The van der Waals surface area contributed by atoms with Gasteiger partial charge in [0.2, 0.25) is 0 Å². The highest BCUT2D eigenvalue weighted by Crippen LogP contribution is 2.38. The summed E-state index contributed by atoms with van der Waals surface area (Å²) in [5.74, 6) is 0.166. The van der Waals surface area contributed by atoms with E-state index in [0.717, 1.165) is 64.2 Å². The van der Waals surface area contributed by atoms with Gasteiger partial charge in [-0.3, -0.25) is 33.8 Å². The number of carbonyl (C=O) groups excluding carboxylic acids is 2. The van der Waals surface area contributed by atoms with E-state index in [0.29, 0.717) is 19.3 Å². The first-order chi connectivity index (χ1) is 23.6. The Kier molecular flexibility index (Phi) is 13.4. The van der Waals surface area contributed by atoms with Crippen LogP contribution in [0.25, 0.3) is 32.3 Å². The maximum absolute atomic E-state index is 14.2. The number of rotatable bonds is 22. The van der Waals surface area contributed by atoms with E-state index < -0.39 is 27.5 Å². The van der Waals surface area contributed by atoms with E-state index in [4.69, 9.17) is 11.5 Å². The molecule has 0 spiro atoms. The van der Waals surface area contributed by atoms with Gasteiger partial charge >= 0.3 is 0 Å². The molecule has 0 fully saturated rings. The van der Waals surface area contributed by atoms with E-state index in [9.17, 15) is 28.8 Å². The normalized spacial score (nSPS) is 12.0. The smallest absolute Gasteiger partial charge is 0.261 e. The summed E-state index contributed by atoms with van der Waals surface area (Å²) in [5.41, 5.74) is 8.86. The number of aromatic nitrogens is 1. The van der Waals surface area contributed by atoms with Crippen LogP contribution < -0.4 is 38.8 Å². The molecule has 0 aliphatic heterocycles. The number of fused-ring (bicyclic) bond motifs is 3. The number of Topliss-reactive ketones (excluding diaryl/α,β-unsaturated/α-hetero) is 2. The highest BCUT2D eigenvalue weighted by Gasteiger charge is 2.34. The van der Waals surface area contributed by atoms with Gasteiger partial charge in [0.25, 0.3) is 11.1 Å². The molecule has 3 aromatic carbocycles. The third-order valence-electron chi connectivity index (χ3n) is 9.99. The van der Waals surface area contributed by atoms with Crippen LogP contribution in [0.3, 0.4) is 0 Å². The summed E-state index contributed by atoms with van der Waals surface area (Å²) in [6.45, 7) is 4.47. The van der Waals surface area contributed by atoms with Crippen molar-refractivity contribution in [3.63, 3.8) is 0 Å². The van der Waals surface area contributed by atoms with Crippen molar-refractivity contribution in [1.29, 1.82) is 0 Å². The topological polar surface area (TPSA) is 182 Å². The van der Waals surface area contributed by atoms with Crippen LogP contribution >= 0.6 is 0 Å². The number of hydrogen-bond acceptors (Lipinski definition) is 9. The standard InChI is InChI=1S/C39H52N4O6/c1-3-5-7-9-11-15-25(44)19-21-39(23-24-40,22-20-26(45)16-12-10-8-6-4-2)43-34-31-29(33(41)30-32(34)38(49)42-37(30)48)35(46)27-17-13-14-18-28(27)36(31)47/h13-14,17-18,43H,3-12,15-16,19-24,40-41H2,1-2H3,(H,42,48,49). The monoisotopic (exact) mass is 672 g/mol. The number of benzene rings is 3. The minimum absolute atomic E-state index is 0.0166. The lowest BCUT2D eigenvalue weighted by Gasteiger charge is -2.36. The predicted molar refractivity (Wildman–Crippen MR) is 200 cm³/mol. The molecule has 0 atom stereocenters. The molecule has 49 heavy (non-hydrogen) atoms. The van der Waals surface area contributed by atoms with Gasteiger partial charge in [-0.25, -0.2) is 0 Å². The first-order valence-electron chi connectivity index (χ1n) is 18.1. The quantitative estimate of drug-likeness (QED) is 0.0323. The average molecular weight is 673 g/mol. The summed E-state index contributed by atoms with van der Waals surface area (Å²) < 4.78 is 0. The first-order valence-corrected chi connectivity index (χ1v) is 18.1. The molecular weight excluding hydrogens is 620 g/mol. The summed E-state index contributed by atoms with van der Waals surface area (Å²) in [7, 11) is 0. The molecule has 0 aliphatic rings. The van der Waals surface area contributed by atoms with Crippen molar-refractivity contribution in [2.45, 2.75) is 129 Å². The van der Waals surface area contributed by atoms with Crippen molar-refractivity contribution < 1.29 is 9.59 Å². The third-order valence-corrected chi connectivity index (χ3v) is 9.99. The fourth-order valence-electron chi connectivity index (χ4n) is 7.16. The number of ketones is 2. The molecule has 0 bridgehead atoms. The lowest BCUT2D eigenvalue weighted by atomic mass is 9.82. The minimum atomic E-state index is -1.01. The third kappa shape index (κ3) is 8.71. The average Bonchev–Trinajstić information content (AvgIpc) is 3.39. The minimum Gasteiger partial charge on any atom is -0.397 e. The fourth-order valence-corrected chi connectivity index (χ4v) is 7.16. The molecule has 0 amide bonds. The Labute approximate surface area is 286 Å². The van der Waals surface area contributed by atoms with E-state index in [1.807, 2.05) is 0 Å². The molecule has 10 nitrogen and oxygen atoms in total. The van der Waals surface area contributed by atoms with Gasteiger partial charge in [0, 0.05) is 42.0 Å². The lowest BCUT2D eigenvalue weighted by Crippen LogP contribution is -2.42. The number of aromatic amines is 1. The molecular formula is C39H52N4O6. The maximum Gasteiger partial charge on any atom is 0.261 e. The molecule has 4 rings (SSSR count). The van der Waals surface area contributed by atoms with Crippen molar-refractivity contribution in [2.75, 3.05) is 17.6 Å². The van der Waals surface area contributed by atoms with E-state index in [1.54, 1.807) is 18.2 Å². The number of nitrogens with two attached hydrogens (primary N) is 2. The number of unbranched alkanes of at least 4 members (excludes halogenated alkanes) is 8. The van der Waals surface area contributed by atoms with E-state index >= 15 is 0 Å². The van der Waals surface area contributed by atoms with Crippen LogP contribution in [0.2, 0.25) is 0 Å². The Morgan fingerprint density at radius 2 is 1.14 bits per heavy atom. The molecule has 0 unspecified atom stereocenters. The van der Waals surface area contributed by atoms with Crippen molar-refractivity contribution in [2.24, 2.45) is 5.73 Å². The lowest BCUT2D eigenvalue weighted by molar-refractivity contribution is -0.119. The largest absolute Gasteiger partial charge is 0.397 e. The van der Waals surface area contributed by atoms with Gasteiger partial charge in [0.15, 0.2) is 10.9 Å². The Hall–Kier alpha value is -4.18. The van der Waals surface area contributed by atoms with E-state index in [2.05, 4.69) is 24.1 Å². The van der Waals surface area contributed by atoms with Gasteiger partial charge in [0.05, 0.1) is 32.9 Å². The van der Waals surface area contributed by atoms with Gasteiger partial charge in [0.1, 0.15) is 11.6 Å². The van der Waals surface area contributed by atoms with Crippen LogP contribution in [-0.4, -0.2) is 28.6 Å². The number of carbonyl (C=O) groups is 2. The Balaban J connectivity index is 1.82. The molecule has 0 saturated heterocycles. The molecule has 6 N–H and O–H groups in total. The summed E-state index contributed by atoms with van der Waals surface area (Å²) in [6, 6.07) is 6.36. The first kappa shape index (κ1) is 37.6. The predicted octanol–water partition coefficient (Wildman–Crippen LogP) is 6.29. The van der Waals surface area contributed by atoms with Crippen LogP contribution in [0.5, 0.6) is 0 Å². The van der Waals surface area contributed by atoms with Crippen LogP contribution in [0.1, 0.15) is 123 Å². The van der Waals surface area contributed by atoms with Gasteiger partial charge in [-0.1, -0.05) is 89.5 Å². The molecule has 1 aromatic heterocycles. The maximum atomic E-state index is 14.2. The summed E-state index contributed by atoms with van der Waals surface area (Å²) >= 11 is 0. The van der Waals surface area contributed by atoms with E-state index in [-0.39, 0.29) is 87.5 Å². The van der Waals surface area contributed by atoms with Crippen LogP contribution in [0.4, 0.5) is 11.4 Å². The zero-order chi connectivity index (χ0) is 35.6. The number of nitrogen functional groups attached to an aromatic ring is 1. The number of anilines is 2. The Bertz CT molecular complexity index is 1960. The number of H-pyrrole nitrogens is 1. The van der Waals surface area contributed by atoms with Crippen molar-refractivity contribution in [3.05, 3.63) is 65.4 Å². The van der Waals surface area contributed by atoms with Gasteiger partial charge in [-0.2, -0.15) is 0 Å². The van der Waals surface area contributed by atoms with E-state index in [1.165, 1.54) is 6.07 Å². The summed E-state index contributed by atoms with van der Waals surface area (Å²) in [5, 5.41) is 3.24. The van der Waals surface area contributed by atoms with Gasteiger partial charge in [-0.05, 0) is 38.6 Å². The highest BCUT2D eigenvalue weighted by molar-refractivity contribution is 6.21. The van der Waals surface area contributed by atoms with Gasteiger partial charge in [-0.15, -0.1) is 0 Å². The molecule has 0 aliphatic carbocycles. The molecule has 10 heteroatoms. The summed E-state index contributed by atoms with van der Waals surface area (Å²) in [6.07, 6.45) is 12.3. The fraction of sp³-hybridized carbons (Fsp3) is 0.538. The van der Waals surface area contributed by atoms with Crippen LogP contribution in [0.15, 0.2) is 43.4 Å². The van der Waals surface area contributed by atoms with Crippen molar-refractivity contribution in [3.8, 4) is 0 Å².